The molecule has 0 radical (unpaired) electrons. The number of carbonyl (C=O) groups excluding carboxylic acids is 1. The van der Waals surface area contributed by atoms with E-state index in [1.54, 1.807) is 0 Å². The lowest BCUT2D eigenvalue weighted by atomic mass is 9.91. The van der Waals surface area contributed by atoms with Crippen LogP contribution in [0.3, 0.4) is 0 Å². The number of hydrogen-bond acceptors (Lipinski definition) is 3. The van der Waals surface area contributed by atoms with Crippen molar-refractivity contribution in [1.82, 2.24) is 10.2 Å². The van der Waals surface area contributed by atoms with E-state index in [-0.39, 0.29) is 12.5 Å². The van der Waals surface area contributed by atoms with Crippen LogP contribution in [0.2, 0.25) is 0 Å². The number of amides is 1. The van der Waals surface area contributed by atoms with Crippen LogP contribution in [0, 0.1) is 11.8 Å². The molecule has 4 nitrogen and oxygen atoms in total. The van der Waals surface area contributed by atoms with Gasteiger partial charge in [-0.05, 0) is 37.5 Å². The smallest absolute Gasteiger partial charge is 0.222 e. The van der Waals surface area contributed by atoms with Gasteiger partial charge in [0.25, 0.3) is 0 Å². The summed E-state index contributed by atoms with van der Waals surface area (Å²) < 4.78 is 0. The van der Waals surface area contributed by atoms with Gasteiger partial charge in [0, 0.05) is 38.2 Å². The summed E-state index contributed by atoms with van der Waals surface area (Å²) in [6.07, 6.45) is 5.11. The van der Waals surface area contributed by atoms with Crippen molar-refractivity contribution in [2.45, 2.75) is 58.0 Å². The first-order valence-corrected chi connectivity index (χ1v) is 7.73. The molecular weight excluding hydrogens is 240 g/mol. The molecule has 1 aliphatic heterocycles. The highest BCUT2D eigenvalue weighted by Crippen LogP contribution is 2.25. The highest BCUT2D eigenvalue weighted by atomic mass is 16.3. The Morgan fingerprint density at radius 2 is 2.05 bits per heavy atom. The van der Waals surface area contributed by atoms with E-state index < -0.39 is 0 Å². The Hall–Kier alpha value is -0.610. The van der Waals surface area contributed by atoms with Gasteiger partial charge in [0.05, 0.1) is 0 Å². The molecular formula is C15H28N2O2. The minimum absolute atomic E-state index is 0.229. The first-order chi connectivity index (χ1) is 9.08. The van der Waals surface area contributed by atoms with Crippen molar-refractivity contribution in [3.63, 3.8) is 0 Å². The van der Waals surface area contributed by atoms with Crippen molar-refractivity contribution in [3.05, 3.63) is 0 Å². The van der Waals surface area contributed by atoms with Gasteiger partial charge in [-0.2, -0.15) is 0 Å². The number of aliphatic hydroxyl groups is 1. The van der Waals surface area contributed by atoms with Crippen LogP contribution in [0.5, 0.6) is 0 Å². The largest absolute Gasteiger partial charge is 0.396 e. The van der Waals surface area contributed by atoms with Gasteiger partial charge in [0.15, 0.2) is 0 Å². The summed E-state index contributed by atoms with van der Waals surface area (Å²) >= 11 is 0. The van der Waals surface area contributed by atoms with E-state index in [0.29, 0.717) is 30.3 Å². The number of aliphatic hydroxyl groups excluding tert-OH is 1. The molecule has 110 valence electrons. The van der Waals surface area contributed by atoms with Gasteiger partial charge >= 0.3 is 0 Å². The van der Waals surface area contributed by atoms with Crippen LogP contribution in [-0.4, -0.2) is 47.7 Å². The summed E-state index contributed by atoms with van der Waals surface area (Å²) in [5, 5.41) is 12.8. The molecule has 1 aliphatic carbocycles. The fourth-order valence-electron chi connectivity index (χ4n) is 2.98. The third kappa shape index (κ3) is 4.77. The standard InChI is InChI=1S/C15H28N2O2/c1-11(2)7-15(19)17-9-12(5-6-18)8-14(10-17)16-13-3-4-13/h11-14,16,18H,3-10H2,1-2H3. The molecule has 0 spiro atoms. The van der Waals surface area contributed by atoms with E-state index in [9.17, 15) is 4.79 Å². The molecule has 1 heterocycles. The number of likely N-dealkylation sites (tertiary alicyclic amines) is 1. The number of piperidine rings is 1. The van der Waals surface area contributed by atoms with Crippen molar-refractivity contribution in [2.24, 2.45) is 11.8 Å². The fourth-order valence-corrected chi connectivity index (χ4v) is 2.98. The van der Waals surface area contributed by atoms with Gasteiger partial charge in [-0.25, -0.2) is 0 Å². The Kier molecular flexibility index (Phi) is 5.22. The van der Waals surface area contributed by atoms with E-state index in [0.717, 1.165) is 25.9 Å². The molecule has 1 saturated heterocycles. The van der Waals surface area contributed by atoms with Gasteiger partial charge in [-0.15, -0.1) is 0 Å². The van der Waals surface area contributed by atoms with Crippen LogP contribution in [0.15, 0.2) is 0 Å². The fraction of sp³-hybridized carbons (Fsp3) is 0.933. The zero-order chi connectivity index (χ0) is 13.8. The number of nitrogens with one attached hydrogen (secondary N) is 1. The van der Waals surface area contributed by atoms with Gasteiger partial charge in [-0.1, -0.05) is 13.8 Å². The molecule has 2 atom stereocenters. The van der Waals surface area contributed by atoms with Crippen LogP contribution in [0.1, 0.15) is 46.0 Å². The maximum Gasteiger partial charge on any atom is 0.222 e. The van der Waals surface area contributed by atoms with Crippen LogP contribution >= 0.6 is 0 Å². The van der Waals surface area contributed by atoms with Crippen molar-refractivity contribution < 1.29 is 9.90 Å². The maximum atomic E-state index is 12.2. The summed E-state index contributed by atoms with van der Waals surface area (Å²) in [6, 6.07) is 1.11. The average Bonchev–Trinajstić information content (AvgIpc) is 3.12. The van der Waals surface area contributed by atoms with Gasteiger partial charge in [0.2, 0.25) is 5.91 Å². The Labute approximate surface area is 116 Å². The van der Waals surface area contributed by atoms with Gasteiger partial charge in [0.1, 0.15) is 0 Å². The first-order valence-electron chi connectivity index (χ1n) is 7.73. The van der Waals surface area contributed by atoms with E-state index in [1.807, 2.05) is 4.90 Å². The van der Waals surface area contributed by atoms with Crippen LogP contribution < -0.4 is 5.32 Å². The van der Waals surface area contributed by atoms with Crippen LogP contribution in [0.25, 0.3) is 0 Å². The highest BCUT2D eigenvalue weighted by Gasteiger charge is 2.33. The minimum Gasteiger partial charge on any atom is -0.396 e. The normalized spacial score (nSPS) is 27.9. The van der Waals surface area contributed by atoms with Crippen LogP contribution in [-0.2, 0) is 4.79 Å². The summed E-state index contributed by atoms with van der Waals surface area (Å²) in [7, 11) is 0. The van der Waals surface area contributed by atoms with Gasteiger partial charge in [-0.3, -0.25) is 4.79 Å². The molecule has 0 aromatic heterocycles. The monoisotopic (exact) mass is 268 g/mol. The SMILES string of the molecule is CC(C)CC(=O)N1CC(CCO)CC(NC2CC2)C1. The summed E-state index contributed by atoms with van der Waals surface area (Å²) in [5.74, 6) is 1.15. The molecule has 4 heteroatoms. The lowest BCUT2D eigenvalue weighted by molar-refractivity contribution is -0.134. The third-order valence-corrected chi connectivity index (χ3v) is 4.06. The number of nitrogens with zero attached hydrogens (tertiary/aromatic N) is 1. The Balaban J connectivity index is 1.90. The molecule has 2 aliphatic rings. The quantitative estimate of drug-likeness (QED) is 0.765. The van der Waals surface area contributed by atoms with Crippen molar-refractivity contribution in [3.8, 4) is 0 Å². The second-order valence-electron chi connectivity index (χ2n) is 6.65. The van der Waals surface area contributed by atoms with E-state index >= 15 is 0 Å². The Bertz CT molecular complexity index is 303. The van der Waals surface area contributed by atoms with Crippen molar-refractivity contribution >= 4 is 5.91 Å². The second-order valence-corrected chi connectivity index (χ2v) is 6.65. The van der Waals surface area contributed by atoms with Crippen LogP contribution in [0.4, 0.5) is 0 Å². The van der Waals surface area contributed by atoms with Gasteiger partial charge < -0.3 is 15.3 Å². The molecule has 2 fully saturated rings. The molecule has 19 heavy (non-hydrogen) atoms. The Morgan fingerprint density at radius 3 is 2.63 bits per heavy atom. The minimum atomic E-state index is 0.229. The summed E-state index contributed by atoms with van der Waals surface area (Å²) in [5.41, 5.74) is 0. The molecule has 1 amide bonds. The molecule has 2 rings (SSSR count). The van der Waals surface area contributed by atoms with E-state index in [1.165, 1.54) is 12.8 Å². The first kappa shape index (κ1) is 14.8. The maximum absolute atomic E-state index is 12.2. The average molecular weight is 268 g/mol. The van der Waals surface area contributed by atoms with E-state index in [2.05, 4.69) is 19.2 Å². The zero-order valence-electron chi connectivity index (χ0n) is 12.3. The summed E-state index contributed by atoms with van der Waals surface area (Å²) in [6.45, 7) is 6.09. The highest BCUT2D eigenvalue weighted by molar-refractivity contribution is 5.76. The number of hydrogen-bond donors (Lipinski definition) is 2. The van der Waals surface area contributed by atoms with Crippen molar-refractivity contribution in [2.75, 3.05) is 19.7 Å². The van der Waals surface area contributed by atoms with Crippen molar-refractivity contribution in [1.29, 1.82) is 0 Å². The number of rotatable bonds is 6. The summed E-state index contributed by atoms with van der Waals surface area (Å²) in [4.78, 5) is 14.3. The lowest BCUT2D eigenvalue weighted by Gasteiger charge is -2.38. The second kappa shape index (κ2) is 6.71. The zero-order valence-corrected chi connectivity index (χ0v) is 12.3. The molecule has 2 unspecified atom stereocenters. The number of carbonyl (C=O) groups is 1. The molecule has 0 aromatic rings. The third-order valence-electron chi connectivity index (χ3n) is 4.06. The molecule has 0 aromatic carbocycles. The topological polar surface area (TPSA) is 52.6 Å². The van der Waals surface area contributed by atoms with E-state index in [4.69, 9.17) is 5.11 Å². The predicted octanol–water partition coefficient (Wildman–Crippen LogP) is 1.38. The Morgan fingerprint density at radius 1 is 1.32 bits per heavy atom. The molecule has 0 bridgehead atoms. The molecule has 2 N–H and O–H groups in total. The molecule has 1 saturated carbocycles. The lowest BCUT2D eigenvalue weighted by Crippen LogP contribution is -2.52. The predicted molar refractivity (Wildman–Crippen MR) is 75.8 cm³/mol.